The van der Waals surface area contributed by atoms with E-state index in [4.69, 9.17) is 10.2 Å². The first kappa shape index (κ1) is 10.8. The smallest absolute Gasteiger partial charge is 0.215 e. The summed E-state index contributed by atoms with van der Waals surface area (Å²) in [5, 5.41) is 0. The third-order valence-corrected chi connectivity index (χ3v) is 3.71. The number of aryl methyl sites for hydroxylation is 1. The van der Waals surface area contributed by atoms with Gasteiger partial charge in [-0.3, -0.25) is 0 Å². The third kappa shape index (κ3) is 1.84. The molecule has 1 aromatic carbocycles. The van der Waals surface area contributed by atoms with Gasteiger partial charge in [0.15, 0.2) is 5.58 Å². The van der Waals surface area contributed by atoms with Crippen molar-refractivity contribution in [1.29, 1.82) is 0 Å². The van der Waals surface area contributed by atoms with E-state index in [-0.39, 0.29) is 5.54 Å². The summed E-state index contributed by atoms with van der Waals surface area (Å²) in [6.45, 7) is 2.06. The molecule has 2 aromatic rings. The van der Waals surface area contributed by atoms with Gasteiger partial charge in [-0.25, -0.2) is 4.98 Å². The van der Waals surface area contributed by atoms with Crippen LogP contribution in [0.3, 0.4) is 0 Å². The van der Waals surface area contributed by atoms with Crippen LogP contribution < -0.4 is 5.73 Å². The second-order valence-electron chi connectivity index (χ2n) is 5.21. The molecule has 3 nitrogen and oxygen atoms in total. The Hall–Kier alpha value is -1.35. The molecule has 3 rings (SSSR count). The number of benzene rings is 1. The average Bonchev–Trinajstić information content (AvgIpc) is 2.73. The summed E-state index contributed by atoms with van der Waals surface area (Å²) in [4.78, 5) is 4.58. The van der Waals surface area contributed by atoms with E-state index in [1.165, 1.54) is 24.8 Å². The largest absolute Gasteiger partial charge is 0.439 e. The van der Waals surface area contributed by atoms with Crippen molar-refractivity contribution in [3.8, 4) is 0 Å². The molecule has 0 amide bonds. The molecule has 1 fully saturated rings. The number of hydrogen-bond donors (Lipinski definition) is 1. The third-order valence-electron chi connectivity index (χ3n) is 3.71. The molecule has 2 N–H and O–H groups in total. The second kappa shape index (κ2) is 3.84. The molecule has 0 radical (unpaired) electrons. The number of hydrogen-bond acceptors (Lipinski definition) is 3. The fraction of sp³-hybridized carbons (Fsp3) is 0.500. The van der Waals surface area contributed by atoms with E-state index in [0.29, 0.717) is 0 Å². The summed E-state index contributed by atoms with van der Waals surface area (Å²) in [6.07, 6.45) is 5.60. The van der Waals surface area contributed by atoms with Crippen LogP contribution in [0.4, 0.5) is 0 Å². The second-order valence-corrected chi connectivity index (χ2v) is 5.21. The Morgan fingerprint density at radius 3 is 2.76 bits per heavy atom. The van der Waals surface area contributed by atoms with Crippen LogP contribution in [0.1, 0.15) is 43.6 Å². The molecule has 3 heteroatoms. The summed E-state index contributed by atoms with van der Waals surface area (Å²) in [5.41, 5.74) is 9.06. The van der Waals surface area contributed by atoms with Crippen molar-refractivity contribution in [2.75, 3.05) is 0 Å². The molecule has 0 aliphatic heterocycles. The van der Waals surface area contributed by atoms with Crippen molar-refractivity contribution in [2.24, 2.45) is 5.73 Å². The van der Waals surface area contributed by atoms with E-state index in [1.54, 1.807) is 0 Å². The molecule has 1 aromatic heterocycles. The first-order valence-corrected chi connectivity index (χ1v) is 6.34. The first-order chi connectivity index (χ1) is 8.17. The van der Waals surface area contributed by atoms with E-state index >= 15 is 0 Å². The summed E-state index contributed by atoms with van der Waals surface area (Å²) in [6, 6.07) is 6.07. The lowest BCUT2D eigenvalue weighted by atomic mass is 9.82. The summed E-state index contributed by atoms with van der Waals surface area (Å²) >= 11 is 0. The van der Waals surface area contributed by atoms with Crippen molar-refractivity contribution in [3.05, 3.63) is 29.7 Å². The van der Waals surface area contributed by atoms with E-state index < -0.39 is 0 Å². The summed E-state index contributed by atoms with van der Waals surface area (Å²) in [7, 11) is 0. The van der Waals surface area contributed by atoms with E-state index in [0.717, 1.165) is 29.8 Å². The molecule has 17 heavy (non-hydrogen) atoms. The van der Waals surface area contributed by atoms with Gasteiger partial charge in [0.2, 0.25) is 5.89 Å². The van der Waals surface area contributed by atoms with Crippen molar-refractivity contribution >= 4 is 11.1 Å². The topological polar surface area (TPSA) is 52.0 Å². The Kier molecular flexibility index (Phi) is 2.44. The average molecular weight is 230 g/mol. The standard InChI is InChI=1S/C14H18N2O/c1-10-5-6-12-11(9-10)16-13(17-12)14(15)7-3-2-4-8-14/h5-6,9H,2-4,7-8,15H2,1H3. The van der Waals surface area contributed by atoms with Crippen LogP contribution in [0.15, 0.2) is 22.6 Å². The van der Waals surface area contributed by atoms with Gasteiger partial charge >= 0.3 is 0 Å². The highest BCUT2D eigenvalue weighted by molar-refractivity contribution is 5.73. The SMILES string of the molecule is Cc1ccc2oc(C3(N)CCCCC3)nc2c1. The lowest BCUT2D eigenvalue weighted by Crippen LogP contribution is -2.38. The highest BCUT2D eigenvalue weighted by atomic mass is 16.4. The minimum absolute atomic E-state index is 0.342. The number of fused-ring (bicyclic) bond motifs is 1. The lowest BCUT2D eigenvalue weighted by molar-refractivity contribution is 0.248. The Balaban J connectivity index is 2.05. The minimum Gasteiger partial charge on any atom is -0.439 e. The van der Waals surface area contributed by atoms with Gasteiger partial charge in [0, 0.05) is 0 Å². The van der Waals surface area contributed by atoms with Crippen LogP contribution in [0.5, 0.6) is 0 Å². The van der Waals surface area contributed by atoms with Crippen molar-refractivity contribution < 1.29 is 4.42 Å². The summed E-state index contributed by atoms with van der Waals surface area (Å²) in [5.74, 6) is 0.720. The van der Waals surface area contributed by atoms with E-state index in [1.807, 2.05) is 12.1 Å². The molecule has 90 valence electrons. The van der Waals surface area contributed by atoms with Crippen molar-refractivity contribution in [2.45, 2.75) is 44.6 Å². The predicted molar refractivity (Wildman–Crippen MR) is 67.7 cm³/mol. The van der Waals surface area contributed by atoms with Crippen LogP contribution in [0.25, 0.3) is 11.1 Å². The van der Waals surface area contributed by atoms with Gasteiger partial charge in [-0.05, 0) is 37.5 Å². The Labute approximate surface area is 101 Å². The number of nitrogens with zero attached hydrogens (tertiary/aromatic N) is 1. The van der Waals surface area contributed by atoms with Gasteiger partial charge < -0.3 is 10.2 Å². The zero-order valence-corrected chi connectivity index (χ0v) is 10.2. The van der Waals surface area contributed by atoms with Crippen LogP contribution in [-0.2, 0) is 5.54 Å². The normalized spacial score (nSPS) is 19.6. The Bertz CT molecular complexity index is 538. The number of nitrogens with two attached hydrogens (primary N) is 1. The number of rotatable bonds is 1. The van der Waals surface area contributed by atoms with Gasteiger partial charge in [0.05, 0.1) is 5.54 Å². The van der Waals surface area contributed by atoms with Crippen molar-refractivity contribution in [3.63, 3.8) is 0 Å². The first-order valence-electron chi connectivity index (χ1n) is 6.34. The maximum absolute atomic E-state index is 6.43. The number of oxazole rings is 1. The fourth-order valence-electron chi connectivity index (χ4n) is 2.65. The molecule has 0 unspecified atom stereocenters. The molecular formula is C14H18N2O. The maximum atomic E-state index is 6.43. The van der Waals surface area contributed by atoms with Gasteiger partial charge in [-0.15, -0.1) is 0 Å². The van der Waals surface area contributed by atoms with Crippen LogP contribution in [-0.4, -0.2) is 4.98 Å². The maximum Gasteiger partial charge on any atom is 0.215 e. The van der Waals surface area contributed by atoms with Gasteiger partial charge in [0.25, 0.3) is 0 Å². The highest BCUT2D eigenvalue weighted by Gasteiger charge is 2.34. The molecule has 1 aliphatic carbocycles. The molecule has 0 saturated heterocycles. The Morgan fingerprint density at radius 2 is 2.00 bits per heavy atom. The highest BCUT2D eigenvalue weighted by Crippen LogP contribution is 2.35. The van der Waals surface area contributed by atoms with Crippen LogP contribution >= 0.6 is 0 Å². The zero-order chi connectivity index (χ0) is 11.9. The van der Waals surface area contributed by atoms with Crippen LogP contribution in [0.2, 0.25) is 0 Å². The molecule has 0 spiro atoms. The number of aromatic nitrogens is 1. The quantitative estimate of drug-likeness (QED) is 0.818. The molecule has 0 bridgehead atoms. The minimum atomic E-state index is -0.342. The monoisotopic (exact) mass is 230 g/mol. The Morgan fingerprint density at radius 1 is 1.24 bits per heavy atom. The van der Waals surface area contributed by atoms with E-state index in [2.05, 4.69) is 18.0 Å². The molecule has 1 saturated carbocycles. The summed E-state index contributed by atoms with van der Waals surface area (Å²) < 4.78 is 5.83. The zero-order valence-electron chi connectivity index (χ0n) is 10.2. The van der Waals surface area contributed by atoms with Gasteiger partial charge in [-0.2, -0.15) is 0 Å². The molecule has 0 atom stereocenters. The fourth-order valence-corrected chi connectivity index (χ4v) is 2.65. The lowest BCUT2D eigenvalue weighted by Gasteiger charge is -2.29. The predicted octanol–water partition coefficient (Wildman–Crippen LogP) is 3.25. The van der Waals surface area contributed by atoms with E-state index in [9.17, 15) is 0 Å². The van der Waals surface area contributed by atoms with Crippen LogP contribution in [0, 0.1) is 6.92 Å². The molecular weight excluding hydrogens is 212 g/mol. The van der Waals surface area contributed by atoms with Gasteiger partial charge in [0.1, 0.15) is 5.52 Å². The van der Waals surface area contributed by atoms with Crippen molar-refractivity contribution in [1.82, 2.24) is 4.98 Å². The molecule has 1 aliphatic rings. The van der Waals surface area contributed by atoms with Gasteiger partial charge in [-0.1, -0.05) is 25.3 Å². The molecule has 1 heterocycles.